The Balaban J connectivity index is 2.61. The minimum absolute atomic E-state index is 0.295. The van der Waals surface area contributed by atoms with Crippen molar-refractivity contribution < 1.29 is 4.43 Å². The highest BCUT2D eigenvalue weighted by Crippen LogP contribution is 2.38. The van der Waals surface area contributed by atoms with Crippen molar-refractivity contribution in [3.8, 4) is 0 Å². The molecule has 1 nitrogen and oxygen atoms in total. The Morgan fingerprint density at radius 3 is 2.20 bits per heavy atom. The van der Waals surface area contributed by atoms with Crippen LogP contribution in [0.5, 0.6) is 0 Å². The molecule has 1 rings (SSSR count). The Hall–Kier alpha value is 0.127. The molecule has 20 heavy (non-hydrogen) atoms. The highest BCUT2D eigenvalue weighted by Gasteiger charge is 2.38. The Morgan fingerprint density at radius 2 is 1.70 bits per heavy atom. The average molecular weight is 404 g/mol. The second-order valence-electron chi connectivity index (χ2n) is 7.00. The molecule has 0 saturated heterocycles. The van der Waals surface area contributed by atoms with Crippen LogP contribution < -0.4 is 0 Å². The molecule has 3 heteroatoms. The van der Waals surface area contributed by atoms with E-state index in [1.54, 1.807) is 0 Å². The molecule has 0 N–H and O–H groups in total. The van der Waals surface area contributed by atoms with Crippen LogP contribution >= 0.6 is 22.6 Å². The zero-order chi connectivity index (χ0) is 15.2. The van der Waals surface area contributed by atoms with Gasteiger partial charge in [0, 0.05) is 10.5 Å². The van der Waals surface area contributed by atoms with E-state index >= 15 is 0 Å². The van der Waals surface area contributed by atoms with Gasteiger partial charge in [0.1, 0.15) is 0 Å². The number of hydrogen-bond donors (Lipinski definition) is 0. The van der Waals surface area contributed by atoms with E-state index in [-0.39, 0.29) is 0 Å². The minimum Gasteiger partial charge on any atom is -0.414 e. The fourth-order valence-electron chi connectivity index (χ4n) is 1.95. The third-order valence-electron chi connectivity index (χ3n) is 4.30. The first-order valence-corrected chi connectivity index (χ1v) is 12.0. The summed E-state index contributed by atoms with van der Waals surface area (Å²) in [7, 11) is -1.65. The molecule has 0 unspecified atom stereocenters. The number of rotatable bonds is 7. The van der Waals surface area contributed by atoms with Crippen molar-refractivity contribution in [1.82, 2.24) is 0 Å². The first kappa shape index (κ1) is 18.2. The Morgan fingerprint density at radius 1 is 1.10 bits per heavy atom. The molecular formula is C17H29IOSi. The summed E-state index contributed by atoms with van der Waals surface area (Å²) < 4.78 is 7.77. The van der Waals surface area contributed by atoms with Crippen molar-refractivity contribution in [2.75, 3.05) is 4.43 Å². The van der Waals surface area contributed by atoms with Crippen LogP contribution in [-0.4, -0.2) is 18.8 Å². The molecule has 0 bridgehead atoms. The van der Waals surface area contributed by atoms with Crippen LogP contribution in [0.3, 0.4) is 0 Å². The lowest BCUT2D eigenvalue weighted by atomic mass is 10.1. The third-order valence-corrected chi connectivity index (χ3v) is 9.45. The maximum absolute atomic E-state index is 6.60. The van der Waals surface area contributed by atoms with Gasteiger partial charge < -0.3 is 4.43 Å². The van der Waals surface area contributed by atoms with E-state index in [0.717, 1.165) is 12.8 Å². The highest BCUT2D eigenvalue weighted by atomic mass is 127. The molecule has 1 aromatic carbocycles. The molecule has 0 spiro atoms. The van der Waals surface area contributed by atoms with Crippen molar-refractivity contribution >= 4 is 30.9 Å². The van der Waals surface area contributed by atoms with Crippen LogP contribution in [0.4, 0.5) is 0 Å². The number of alkyl halides is 1. The molecule has 0 radical (unpaired) electrons. The lowest BCUT2D eigenvalue weighted by Crippen LogP contribution is -2.44. The molecule has 0 saturated carbocycles. The van der Waals surface area contributed by atoms with E-state index in [2.05, 4.69) is 86.8 Å². The summed E-state index contributed by atoms with van der Waals surface area (Å²) in [4.78, 5) is 0. The molecule has 0 amide bonds. The van der Waals surface area contributed by atoms with Crippen molar-refractivity contribution in [2.45, 2.75) is 64.3 Å². The van der Waals surface area contributed by atoms with E-state index in [4.69, 9.17) is 4.43 Å². The summed E-state index contributed by atoms with van der Waals surface area (Å²) in [6.07, 6.45) is 3.84. The largest absolute Gasteiger partial charge is 0.414 e. The zero-order valence-electron chi connectivity index (χ0n) is 13.6. The molecule has 0 aliphatic rings. The van der Waals surface area contributed by atoms with E-state index < -0.39 is 8.32 Å². The van der Waals surface area contributed by atoms with E-state index in [0.29, 0.717) is 11.1 Å². The highest BCUT2D eigenvalue weighted by molar-refractivity contribution is 14.1. The van der Waals surface area contributed by atoms with Crippen LogP contribution in [0.15, 0.2) is 30.3 Å². The average Bonchev–Trinajstić information content (AvgIpc) is 2.36. The number of hydrogen-bond acceptors (Lipinski definition) is 1. The van der Waals surface area contributed by atoms with Gasteiger partial charge in [-0.25, -0.2) is 0 Å². The first-order valence-electron chi connectivity index (χ1n) is 7.54. The van der Waals surface area contributed by atoms with E-state index in [1.165, 1.54) is 16.4 Å². The van der Waals surface area contributed by atoms with Gasteiger partial charge in [0.15, 0.2) is 8.32 Å². The Kier molecular flexibility index (Phi) is 7.22. The van der Waals surface area contributed by atoms with Gasteiger partial charge in [-0.3, -0.25) is 0 Å². The fourth-order valence-corrected chi connectivity index (χ4v) is 4.07. The predicted molar refractivity (Wildman–Crippen MR) is 100 cm³/mol. The van der Waals surface area contributed by atoms with Gasteiger partial charge in [-0.05, 0) is 43.0 Å². The summed E-state index contributed by atoms with van der Waals surface area (Å²) in [5.41, 5.74) is 1.42. The number of aryl methyl sites for hydroxylation is 1. The molecule has 0 aliphatic carbocycles. The molecular weight excluding hydrogens is 375 g/mol. The van der Waals surface area contributed by atoms with E-state index in [9.17, 15) is 0 Å². The maximum atomic E-state index is 6.60. The van der Waals surface area contributed by atoms with Crippen LogP contribution in [0.25, 0.3) is 0 Å². The second-order valence-corrected chi connectivity index (χ2v) is 12.8. The van der Waals surface area contributed by atoms with Gasteiger partial charge in [0.25, 0.3) is 0 Å². The zero-order valence-corrected chi connectivity index (χ0v) is 16.7. The second kappa shape index (κ2) is 7.94. The van der Waals surface area contributed by atoms with Gasteiger partial charge in [-0.1, -0.05) is 73.7 Å². The monoisotopic (exact) mass is 404 g/mol. The van der Waals surface area contributed by atoms with E-state index in [1.807, 2.05) is 0 Å². The molecule has 1 aromatic rings. The fraction of sp³-hybridized carbons (Fsp3) is 0.647. The van der Waals surface area contributed by atoms with Gasteiger partial charge >= 0.3 is 0 Å². The van der Waals surface area contributed by atoms with Gasteiger partial charge in [0.2, 0.25) is 0 Å². The lowest BCUT2D eigenvalue weighted by molar-refractivity contribution is 0.169. The SMILES string of the molecule is CC(C)(C)[Si](C)(C)O[C@H](CCI)CCc1ccccc1. The molecule has 0 heterocycles. The normalized spacial score (nSPS) is 14.3. The summed E-state index contributed by atoms with van der Waals surface area (Å²) in [5, 5.41) is 0.295. The van der Waals surface area contributed by atoms with Gasteiger partial charge in [-0.15, -0.1) is 0 Å². The standard InChI is InChI=1S/C17H29IOSi/c1-17(2,3)20(4,5)19-16(13-14-18)12-11-15-9-7-6-8-10-15/h6-10,16H,11-14H2,1-5H3/t16-/m0/s1. The summed E-state index contributed by atoms with van der Waals surface area (Å²) in [5.74, 6) is 0. The summed E-state index contributed by atoms with van der Waals surface area (Å²) in [6.45, 7) is 11.7. The van der Waals surface area contributed by atoms with Gasteiger partial charge in [0.05, 0.1) is 0 Å². The molecule has 0 aliphatic heterocycles. The third kappa shape index (κ3) is 5.86. The van der Waals surface area contributed by atoms with Gasteiger partial charge in [-0.2, -0.15) is 0 Å². The van der Waals surface area contributed by atoms with Crippen molar-refractivity contribution in [3.63, 3.8) is 0 Å². The number of benzene rings is 1. The van der Waals surface area contributed by atoms with Crippen molar-refractivity contribution in [1.29, 1.82) is 0 Å². The first-order chi connectivity index (χ1) is 9.26. The Labute approximate surface area is 139 Å². The smallest absolute Gasteiger partial charge is 0.192 e. The summed E-state index contributed by atoms with van der Waals surface area (Å²) in [6, 6.07) is 10.8. The predicted octanol–water partition coefficient (Wildman–Crippen LogP) is 5.83. The molecule has 0 aromatic heterocycles. The van der Waals surface area contributed by atoms with Crippen LogP contribution in [0.2, 0.25) is 18.1 Å². The maximum Gasteiger partial charge on any atom is 0.192 e. The number of halogens is 1. The quantitative estimate of drug-likeness (QED) is 0.315. The minimum atomic E-state index is -1.65. The molecule has 1 atom stereocenters. The Bertz CT molecular complexity index is 384. The topological polar surface area (TPSA) is 9.23 Å². The van der Waals surface area contributed by atoms with Crippen LogP contribution in [0.1, 0.15) is 39.2 Å². The van der Waals surface area contributed by atoms with Crippen molar-refractivity contribution in [2.24, 2.45) is 0 Å². The lowest BCUT2D eigenvalue weighted by Gasteiger charge is -2.39. The van der Waals surface area contributed by atoms with Crippen molar-refractivity contribution in [3.05, 3.63) is 35.9 Å². The van der Waals surface area contributed by atoms with Crippen LogP contribution in [0, 0.1) is 0 Å². The molecule has 0 fully saturated rings. The summed E-state index contributed by atoms with van der Waals surface area (Å²) >= 11 is 2.46. The van der Waals surface area contributed by atoms with Crippen LogP contribution in [-0.2, 0) is 10.8 Å². The molecule has 114 valence electrons.